The van der Waals surface area contributed by atoms with Gasteiger partial charge in [0.05, 0.1) is 23.3 Å². The summed E-state index contributed by atoms with van der Waals surface area (Å²) in [5.41, 5.74) is -1.32. The van der Waals surface area contributed by atoms with E-state index in [1.165, 1.54) is 12.1 Å². The Bertz CT molecular complexity index is 519. The Morgan fingerprint density at radius 3 is 2.70 bits per heavy atom. The standard InChI is InChI=1S/C13H13BrF3NO2/c1-7-11(4-5-20-7)18-12(19)9-3-2-8(14)6-10(9)13(15,16)17/h2-3,6-7,11H,4-5H2,1H3,(H,18,19). The molecule has 0 aromatic heterocycles. The summed E-state index contributed by atoms with van der Waals surface area (Å²) in [6, 6.07) is 3.23. The summed E-state index contributed by atoms with van der Waals surface area (Å²) in [5, 5.41) is 2.60. The first-order chi connectivity index (χ1) is 9.29. The fourth-order valence-corrected chi connectivity index (χ4v) is 2.48. The van der Waals surface area contributed by atoms with Gasteiger partial charge in [-0.2, -0.15) is 13.2 Å². The van der Waals surface area contributed by atoms with Gasteiger partial charge in [0.25, 0.3) is 5.91 Å². The molecule has 0 bridgehead atoms. The number of hydrogen-bond acceptors (Lipinski definition) is 2. The Labute approximate surface area is 122 Å². The molecule has 1 saturated heterocycles. The van der Waals surface area contributed by atoms with Crippen LogP contribution in [0, 0.1) is 0 Å². The van der Waals surface area contributed by atoms with Crippen LogP contribution in [0.2, 0.25) is 0 Å². The topological polar surface area (TPSA) is 38.3 Å². The second-order valence-corrected chi connectivity index (χ2v) is 5.55. The molecule has 2 rings (SSSR count). The number of amides is 1. The van der Waals surface area contributed by atoms with Gasteiger partial charge in [0.2, 0.25) is 0 Å². The molecule has 1 amide bonds. The van der Waals surface area contributed by atoms with E-state index in [9.17, 15) is 18.0 Å². The Morgan fingerprint density at radius 2 is 2.15 bits per heavy atom. The number of nitrogens with one attached hydrogen (secondary N) is 1. The molecule has 0 radical (unpaired) electrons. The number of hydrogen-bond donors (Lipinski definition) is 1. The van der Waals surface area contributed by atoms with E-state index in [2.05, 4.69) is 21.2 Å². The van der Waals surface area contributed by atoms with Crippen LogP contribution in [-0.2, 0) is 10.9 Å². The van der Waals surface area contributed by atoms with Crippen molar-refractivity contribution < 1.29 is 22.7 Å². The molecule has 1 N–H and O–H groups in total. The van der Waals surface area contributed by atoms with Crippen LogP contribution < -0.4 is 5.32 Å². The van der Waals surface area contributed by atoms with Gasteiger partial charge in [-0.15, -0.1) is 0 Å². The summed E-state index contributed by atoms with van der Waals surface area (Å²) in [7, 11) is 0. The predicted octanol–water partition coefficient (Wildman–Crippen LogP) is 3.38. The summed E-state index contributed by atoms with van der Waals surface area (Å²) in [4.78, 5) is 12.0. The SMILES string of the molecule is CC1OCCC1NC(=O)c1ccc(Br)cc1C(F)(F)F. The first-order valence-electron chi connectivity index (χ1n) is 6.08. The third-order valence-electron chi connectivity index (χ3n) is 3.22. The quantitative estimate of drug-likeness (QED) is 0.886. The monoisotopic (exact) mass is 351 g/mol. The molecule has 1 aromatic carbocycles. The molecule has 7 heteroatoms. The molecule has 3 nitrogen and oxygen atoms in total. The Hall–Kier alpha value is -1.08. The molecule has 20 heavy (non-hydrogen) atoms. The van der Waals surface area contributed by atoms with Crippen molar-refractivity contribution in [3.8, 4) is 0 Å². The highest BCUT2D eigenvalue weighted by Gasteiger charge is 2.36. The lowest BCUT2D eigenvalue weighted by molar-refractivity contribution is -0.138. The summed E-state index contributed by atoms with van der Waals surface area (Å²) in [6.07, 6.45) is -4.16. The van der Waals surface area contributed by atoms with Gasteiger partial charge in [-0.25, -0.2) is 0 Å². The minimum absolute atomic E-state index is 0.191. The summed E-state index contributed by atoms with van der Waals surface area (Å²) < 4.78 is 44.4. The Morgan fingerprint density at radius 1 is 1.45 bits per heavy atom. The summed E-state index contributed by atoms with van der Waals surface area (Å²) in [6.45, 7) is 2.28. The molecule has 1 aliphatic rings. The lowest BCUT2D eigenvalue weighted by Crippen LogP contribution is -2.39. The normalized spacial score (nSPS) is 22.9. The third-order valence-corrected chi connectivity index (χ3v) is 3.72. The molecule has 1 aromatic rings. The van der Waals surface area contributed by atoms with Crippen LogP contribution >= 0.6 is 15.9 Å². The molecule has 1 fully saturated rings. The van der Waals surface area contributed by atoms with E-state index in [1.807, 2.05) is 0 Å². The number of carbonyl (C=O) groups excluding carboxylic acids is 1. The second kappa shape index (κ2) is 5.73. The van der Waals surface area contributed by atoms with Crippen molar-refractivity contribution in [3.05, 3.63) is 33.8 Å². The number of carbonyl (C=O) groups is 1. The smallest absolute Gasteiger partial charge is 0.376 e. The number of halogens is 4. The summed E-state index contributed by atoms with van der Waals surface area (Å²) in [5.74, 6) is -0.729. The first kappa shape index (κ1) is 15.3. The van der Waals surface area contributed by atoms with Gasteiger partial charge in [-0.3, -0.25) is 4.79 Å². The average Bonchev–Trinajstić information content (AvgIpc) is 2.73. The maximum atomic E-state index is 13.0. The van der Waals surface area contributed by atoms with Crippen molar-refractivity contribution in [1.29, 1.82) is 0 Å². The predicted molar refractivity (Wildman–Crippen MR) is 70.4 cm³/mol. The molecular weight excluding hydrogens is 339 g/mol. The molecule has 2 unspecified atom stereocenters. The van der Waals surface area contributed by atoms with Gasteiger partial charge < -0.3 is 10.1 Å². The van der Waals surface area contributed by atoms with E-state index in [0.29, 0.717) is 13.0 Å². The van der Waals surface area contributed by atoms with Crippen molar-refractivity contribution in [2.24, 2.45) is 0 Å². The van der Waals surface area contributed by atoms with Crippen LogP contribution in [0.1, 0.15) is 29.3 Å². The van der Waals surface area contributed by atoms with Crippen LogP contribution in [0.25, 0.3) is 0 Å². The van der Waals surface area contributed by atoms with Crippen molar-refractivity contribution in [3.63, 3.8) is 0 Å². The van der Waals surface area contributed by atoms with Crippen LogP contribution in [0.3, 0.4) is 0 Å². The van der Waals surface area contributed by atoms with Crippen LogP contribution in [0.15, 0.2) is 22.7 Å². The van der Waals surface area contributed by atoms with E-state index < -0.39 is 17.6 Å². The lowest BCUT2D eigenvalue weighted by Gasteiger charge is -2.18. The number of ether oxygens (including phenoxy) is 1. The molecule has 1 heterocycles. The maximum absolute atomic E-state index is 13.0. The van der Waals surface area contributed by atoms with Crippen LogP contribution in [0.4, 0.5) is 13.2 Å². The Balaban J connectivity index is 2.25. The van der Waals surface area contributed by atoms with Crippen LogP contribution in [0.5, 0.6) is 0 Å². The van der Waals surface area contributed by atoms with Crippen molar-refractivity contribution in [2.75, 3.05) is 6.61 Å². The second-order valence-electron chi connectivity index (χ2n) is 4.63. The van der Waals surface area contributed by atoms with Gasteiger partial charge in [0, 0.05) is 11.1 Å². The highest BCUT2D eigenvalue weighted by Crippen LogP contribution is 2.34. The fraction of sp³-hybridized carbons (Fsp3) is 0.462. The van der Waals surface area contributed by atoms with E-state index in [1.54, 1.807) is 6.92 Å². The third kappa shape index (κ3) is 3.32. The van der Waals surface area contributed by atoms with Gasteiger partial charge >= 0.3 is 6.18 Å². The van der Waals surface area contributed by atoms with E-state index in [-0.39, 0.29) is 22.2 Å². The fourth-order valence-electron chi connectivity index (χ4n) is 2.12. The summed E-state index contributed by atoms with van der Waals surface area (Å²) >= 11 is 2.98. The molecule has 1 aliphatic heterocycles. The zero-order chi connectivity index (χ0) is 14.9. The zero-order valence-electron chi connectivity index (χ0n) is 10.6. The van der Waals surface area contributed by atoms with Crippen LogP contribution in [-0.4, -0.2) is 24.7 Å². The van der Waals surface area contributed by atoms with Gasteiger partial charge in [-0.05, 0) is 31.5 Å². The van der Waals surface area contributed by atoms with Crippen molar-refractivity contribution in [1.82, 2.24) is 5.32 Å². The molecule has 0 saturated carbocycles. The maximum Gasteiger partial charge on any atom is 0.417 e. The van der Waals surface area contributed by atoms with Gasteiger partial charge in [0.15, 0.2) is 0 Å². The molecule has 2 atom stereocenters. The Kier molecular flexibility index (Phi) is 4.39. The molecule has 110 valence electrons. The van der Waals surface area contributed by atoms with Gasteiger partial charge in [0.1, 0.15) is 0 Å². The highest BCUT2D eigenvalue weighted by atomic mass is 79.9. The van der Waals surface area contributed by atoms with E-state index in [4.69, 9.17) is 4.74 Å². The highest BCUT2D eigenvalue weighted by molar-refractivity contribution is 9.10. The minimum Gasteiger partial charge on any atom is -0.376 e. The molecule has 0 spiro atoms. The van der Waals surface area contributed by atoms with Crippen molar-refractivity contribution in [2.45, 2.75) is 31.7 Å². The largest absolute Gasteiger partial charge is 0.417 e. The number of benzene rings is 1. The number of alkyl halides is 3. The van der Waals surface area contributed by atoms with E-state index in [0.717, 1.165) is 6.07 Å². The lowest BCUT2D eigenvalue weighted by atomic mass is 10.1. The van der Waals surface area contributed by atoms with Gasteiger partial charge in [-0.1, -0.05) is 15.9 Å². The molecular formula is C13H13BrF3NO2. The van der Waals surface area contributed by atoms with Crippen molar-refractivity contribution >= 4 is 21.8 Å². The average molecular weight is 352 g/mol. The first-order valence-corrected chi connectivity index (χ1v) is 6.87. The minimum atomic E-state index is -4.58. The molecule has 0 aliphatic carbocycles. The van der Waals surface area contributed by atoms with E-state index >= 15 is 0 Å². The zero-order valence-corrected chi connectivity index (χ0v) is 12.2. The number of rotatable bonds is 2.